The first-order valence-electron chi connectivity index (χ1n) is 5.34. The Kier molecular flexibility index (Phi) is 7.33. The summed E-state index contributed by atoms with van der Waals surface area (Å²) in [7, 11) is 0. The quantitative estimate of drug-likeness (QED) is 0.347. The summed E-state index contributed by atoms with van der Waals surface area (Å²) in [5.41, 5.74) is 22.4. The van der Waals surface area contributed by atoms with Crippen LogP contribution in [-0.4, -0.2) is 30.8 Å². The highest BCUT2D eigenvalue weighted by Gasteiger charge is 2.32. The zero-order valence-corrected chi connectivity index (χ0v) is 9.23. The van der Waals surface area contributed by atoms with Crippen LogP contribution >= 0.6 is 0 Å². The molecule has 0 aromatic heterocycles. The van der Waals surface area contributed by atoms with Gasteiger partial charge in [0.25, 0.3) is 0 Å². The summed E-state index contributed by atoms with van der Waals surface area (Å²) in [6.45, 7) is 1.56. The minimum atomic E-state index is -0.322. The molecule has 0 saturated carbocycles. The SMILES string of the molecule is NCCC(N)C(C=CO)(CCN)CCN. The van der Waals surface area contributed by atoms with Crippen molar-refractivity contribution in [3.05, 3.63) is 12.3 Å². The van der Waals surface area contributed by atoms with Crippen molar-refractivity contribution >= 4 is 0 Å². The largest absolute Gasteiger partial charge is 0.516 e. The second-order valence-electron chi connectivity index (χ2n) is 3.81. The van der Waals surface area contributed by atoms with Gasteiger partial charge in [0.05, 0.1) is 6.26 Å². The van der Waals surface area contributed by atoms with Gasteiger partial charge in [-0.2, -0.15) is 0 Å². The summed E-state index contributed by atoms with van der Waals surface area (Å²) in [5.74, 6) is 0. The molecule has 0 bridgehead atoms. The molecule has 1 unspecified atom stereocenters. The van der Waals surface area contributed by atoms with E-state index in [1.54, 1.807) is 6.08 Å². The Morgan fingerprint density at radius 2 is 1.60 bits per heavy atom. The molecule has 0 aliphatic rings. The average molecular weight is 216 g/mol. The van der Waals surface area contributed by atoms with Crippen LogP contribution in [0.15, 0.2) is 12.3 Å². The van der Waals surface area contributed by atoms with Crippen LogP contribution < -0.4 is 22.9 Å². The molecule has 0 rings (SSSR count). The smallest absolute Gasteiger partial charge is 0.0758 e. The standard InChI is InChI=1S/C10H24N4O/c11-5-1-9(14)10(2-6-12,3-7-13)4-8-15/h4,8-9,15H,1-3,5-7,11-14H2. The molecule has 0 aromatic rings. The molecular weight excluding hydrogens is 192 g/mol. The van der Waals surface area contributed by atoms with Gasteiger partial charge in [0.2, 0.25) is 0 Å². The topological polar surface area (TPSA) is 124 Å². The molecule has 0 spiro atoms. The van der Waals surface area contributed by atoms with Crippen molar-refractivity contribution in [2.45, 2.75) is 25.3 Å². The molecule has 5 heteroatoms. The van der Waals surface area contributed by atoms with Gasteiger partial charge in [-0.05, 0) is 45.0 Å². The molecule has 15 heavy (non-hydrogen) atoms. The molecule has 0 amide bonds. The van der Waals surface area contributed by atoms with E-state index in [9.17, 15) is 0 Å². The van der Waals surface area contributed by atoms with Gasteiger partial charge in [-0.15, -0.1) is 0 Å². The van der Waals surface area contributed by atoms with Crippen molar-refractivity contribution in [1.82, 2.24) is 0 Å². The van der Waals surface area contributed by atoms with E-state index < -0.39 is 0 Å². The third-order valence-corrected chi connectivity index (χ3v) is 2.84. The van der Waals surface area contributed by atoms with E-state index >= 15 is 0 Å². The number of rotatable bonds is 8. The summed E-state index contributed by atoms with van der Waals surface area (Å²) in [6.07, 6.45) is 4.85. The second kappa shape index (κ2) is 7.64. The third kappa shape index (κ3) is 4.17. The van der Waals surface area contributed by atoms with Crippen molar-refractivity contribution in [1.29, 1.82) is 0 Å². The third-order valence-electron chi connectivity index (χ3n) is 2.84. The highest BCUT2D eigenvalue weighted by atomic mass is 16.2. The van der Waals surface area contributed by atoms with Crippen molar-refractivity contribution in [2.75, 3.05) is 19.6 Å². The summed E-state index contributed by atoms with van der Waals surface area (Å²) in [4.78, 5) is 0. The number of nitrogens with two attached hydrogens (primary N) is 4. The van der Waals surface area contributed by atoms with Crippen LogP contribution in [0.3, 0.4) is 0 Å². The van der Waals surface area contributed by atoms with Crippen LogP contribution in [0.1, 0.15) is 19.3 Å². The van der Waals surface area contributed by atoms with Crippen LogP contribution in [0.4, 0.5) is 0 Å². The molecule has 0 aliphatic carbocycles. The summed E-state index contributed by atoms with van der Waals surface area (Å²) in [6, 6.07) is -0.113. The molecule has 0 radical (unpaired) electrons. The number of hydrogen-bond acceptors (Lipinski definition) is 5. The maximum Gasteiger partial charge on any atom is 0.0758 e. The van der Waals surface area contributed by atoms with Crippen molar-refractivity contribution in [3.8, 4) is 0 Å². The van der Waals surface area contributed by atoms with E-state index in [1.807, 2.05) is 0 Å². The normalized spacial score (nSPS) is 14.7. The van der Waals surface area contributed by atoms with Crippen LogP contribution in [-0.2, 0) is 0 Å². The maximum atomic E-state index is 8.92. The Morgan fingerprint density at radius 1 is 1.07 bits per heavy atom. The van der Waals surface area contributed by atoms with Crippen molar-refractivity contribution in [2.24, 2.45) is 28.3 Å². The molecule has 9 N–H and O–H groups in total. The van der Waals surface area contributed by atoms with Crippen molar-refractivity contribution < 1.29 is 5.11 Å². The van der Waals surface area contributed by atoms with Crippen LogP contribution in [0.2, 0.25) is 0 Å². The molecule has 0 aliphatic heterocycles. The Balaban J connectivity index is 4.73. The minimum absolute atomic E-state index is 0.113. The highest BCUT2D eigenvalue weighted by molar-refractivity contribution is 5.03. The molecule has 1 atom stereocenters. The predicted octanol–water partition coefficient (Wildman–Crippen LogP) is -0.582. The number of hydrogen-bond donors (Lipinski definition) is 5. The zero-order valence-electron chi connectivity index (χ0n) is 9.23. The molecule has 0 heterocycles. The van der Waals surface area contributed by atoms with Crippen molar-refractivity contribution in [3.63, 3.8) is 0 Å². The van der Waals surface area contributed by atoms with Gasteiger partial charge in [0.15, 0.2) is 0 Å². The fourth-order valence-corrected chi connectivity index (χ4v) is 1.94. The van der Waals surface area contributed by atoms with E-state index in [4.69, 9.17) is 28.0 Å². The zero-order chi connectivity index (χ0) is 11.7. The second-order valence-corrected chi connectivity index (χ2v) is 3.81. The first-order valence-corrected chi connectivity index (χ1v) is 5.34. The van der Waals surface area contributed by atoms with E-state index in [0.29, 0.717) is 38.9 Å². The summed E-state index contributed by atoms with van der Waals surface area (Å²) < 4.78 is 0. The van der Waals surface area contributed by atoms with E-state index in [2.05, 4.69) is 0 Å². The maximum absolute atomic E-state index is 8.92. The molecular formula is C10H24N4O. The van der Waals surface area contributed by atoms with Gasteiger partial charge in [-0.1, -0.05) is 0 Å². The molecule has 90 valence electrons. The molecule has 0 fully saturated rings. The fourth-order valence-electron chi connectivity index (χ4n) is 1.94. The molecule has 0 aromatic carbocycles. The summed E-state index contributed by atoms with van der Waals surface area (Å²) >= 11 is 0. The van der Waals surface area contributed by atoms with E-state index in [0.717, 1.165) is 6.26 Å². The van der Waals surface area contributed by atoms with Gasteiger partial charge in [-0.3, -0.25) is 0 Å². The lowest BCUT2D eigenvalue weighted by Gasteiger charge is -2.35. The van der Waals surface area contributed by atoms with E-state index in [1.165, 1.54) is 0 Å². The number of aliphatic hydroxyl groups excluding tert-OH is 1. The lowest BCUT2D eigenvalue weighted by molar-refractivity contribution is 0.250. The Bertz CT molecular complexity index is 178. The fraction of sp³-hybridized carbons (Fsp3) is 0.800. The number of aliphatic hydroxyl groups is 1. The highest BCUT2D eigenvalue weighted by Crippen LogP contribution is 2.32. The van der Waals surface area contributed by atoms with Gasteiger partial charge in [0.1, 0.15) is 0 Å². The van der Waals surface area contributed by atoms with Crippen LogP contribution in [0.5, 0.6) is 0 Å². The average Bonchev–Trinajstić information content (AvgIpc) is 2.19. The van der Waals surface area contributed by atoms with E-state index in [-0.39, 0.29) is 11.5 Å². The molecule has 0 saturated heterocycles. The first kappa shape index (κ1) is 14.4. The summed E-state index contributed by atoms with van der Waals surface area (Å²) in [5, 5.41) is 8.92. The van der Waals surface area contributed by atoms with Gasteiger partial charge in [-0.25, -0.2) is 0 Å². The minimum Gasteiger partial charge on any atom is -0.516 e. The predicted molar refractivity (Wildman–Crippen MR) is 63.2 cm³/mol. The monoisotopic (exact) mass is 216 g/mol. The first-order chi connectivity index (χ1) is 7.16. The van der Waals surface area contributed by atoms with Gasteiger partial charge < -0.3 is 28.0 Å². The Hall–Kier alpha value is -0.620. The van der Waals surface area contributed by atoms with Crippen LogP contribution in [0, 0.1) is 5.41 Å². The lowest BCUT2D eigenvalue weighted by atomic mass is 9.73. The molecule has 5 nitrogen and oxygen atoms in total. The Morgan fingerprint density at radius 3 is 1.93 bits per heavy atom. The lowest BCUT2D eigenvalue weighted by Crippen LogP contribution is -2.44. The Labute approximate surface area is 91.5 Å². The van der Waals surface area contributed by atoms with Crippen LogP contribution in [0.25, 0.3) is 0 Å². The van der Waals surface area contributed by atoms with Gasteiger partial charge >= 0.3 is 0 Å². The van der Waals surface area contributed by atoms with Gasteiger partial charge in [0, 0.05) is 11.5 Å².